The van der Waals surface area contributed by atoms with Crippen molar-refractivity contribution in [2.24, 2.45) is 0 Å². The first-order chi connectivity index (χ1) is 23.1. The number of benzene rings is 2. The smallest absolute Gasteiger partial charge is 0.318 e. The molecular formula is C37H43BrClN7O2. The van der Waals surface area contributed by atoms with Crippen molar-refractivity contribution in [3.63, 3.8) is 0 Å². The SMILES string of the molecule is CC(C)(C)NC(=O)N1CCN([C@@H]2c3ccc(Cl)cc3CCc3cc(Br)cnc32)C[C@@H]1C(=O)N(CCCn1ccnc1)Cc1ccccc1. The highest BCUT2D eigenvalue weighted by Gasteiger charge is 2.42. The summed E-state index contributed by atoms with van der Waals surface area (Å²) >= 11 is 10.1. The van der Waals surface area contributed by atoms with Crippen molar-refractivity contribution >= 4 is 39.5 Å². The van der Waals surface area contributed by atoms with Gasteiger partial charge in [0, 0.05) is 72.9 Å². The predicted molar refractivity (Wildman–Crippen MR) is 192 cm³/mol. The van der Waals surface area contributed by atoms with Crippen LogP contribution in [0.15, 0.2) is 84.0 Å². The van der Waals surface area contributed by atoms with Crippen LogP contribution >= 0.6 is 27.5 Å². The monoisotopic (exact) mass is 731 g/mol. The molecule has 0 spiro atoms. The third-order valence-electron chi connectivity index (χ3n) is 9.03. The molecule has 6 rings (SSSR count). The fourth-order valence-corrected chi connectivity index (χ4v) is 7.39. The molecule has 1 N–H and O–H groups in total. The molecule has 3 heterocycles. The van der Waals surface area contributed by atoms with Crippen molar-refractivity contribution < 1.29 is 9.59 Å². The number of urea groups is 1. The van der Waals surface area contributed by atoms with E-state index in [1.54, 1.807) is 17.4 Å². The number of aryl methyl sites for hydroxylation is 3. The standard InChI is InChI=1S/C37H43BrClN7O2/c1-37(2,3)42-36(48)46-19-18-44(34-31-13-12-30(39)21-27(31)10-11-28-20-29(38)22-41-33(28)34)24-32(46)35(47)45(23-26-8-5-4-6-9-26)16-7-15-43-17-14-40-25-43/h4-6,8-9,12-14,17,20-22,25,32,34H,7,10-11,15-16,18-19,23-24H2,1-3H3,(H,42,48)/t32-,34-/m1/s1. The molecule has 1 aliphatic carbocycles. The molecule has 252 valence electrons. The molecule has 1 saturated heterocycles. The van der Waals surface area contributed by atoms with Gasteiger partial charge in [-0.15, -0.1) is 0 Å². The summed E-state index contributed by atoms with van der Waals surface area (Å²) in [5.74, 6) is -0.0628. The Morgan fingerprint density at radius 1 is 1.06 bits per heavy atom. The number of pyridine rings is 1. The Morgan fingerprint density at radius 2 is 1.85 bits per heavy atom. The van der Waals surface area contributed by atoms with Crippen LogP contribution < -0.4 is 5.32 Å². The minimum Gasteiger partial charge on any atom is -0.337 e. The minimum absolute atomic E-state index is 0.0628. The zero-order valence-corrected chi connectivity index (χ0v) is 30.1. The first-order valence-electron chi connectivity index (χ1n) is 16.6. The van der Waals surface area contributed by atoms with Crippen LogP contribution in [0.1, 0.15) is 61.2 Å². The van der Waals surface area contributed by atoms with E-state index < -0.39 is 11.6 Å². The predicted octanol–water partition coefficient (Wildman–Crippen LogP) is 6.50. The highest BCUT2D eigenvalue weighted by atomic mass is 79.9. The first-order valence-corrected chi connectivity index (χ1v) is 17.8. The molecular weight excluding hydrogens is 690 g/mol. The van der Waals surface area contributed by atoms with E-state index in [0.717, 1.165) is 47.1 Å². The number of nitrogens with one attached hydrogen (secondary N) is 1. The number of amides is 3. The number of nitrogens with zero attached hydrogens (tertiary/aromatic N) is 6. The van der Waals surface area contributed by atoms with Gasteiger partial charge >= 0.3 is 6.03 Å². The molecule has 2 aliphatic rings. The van der Waals surface area contributed by atoms with E-state index in [1.807, 2.05) is 79.0 Å². The topological polar surface area (TPSA) is 86.6 Å². The van der Waals surface area contributed by atoms with E-state index in [2.05, 4.69) is 49.3 Å². The Labute approximate surface area is 296 Å². The summed E-state index contributed by atoms with van der Waals surface area (Å²) < 4.78 is 2.96. The number of hydrogen-bond donors (Lipinski definition) is 1. The molecule has 1 aliphatic heterocycles. The molecule has 2 atom stereocenters. The molecule has 0 unspecified atom stereocenters. The molecule has 0 saturated carbocycles. The van der Waals surface area contributed by atoms with Gasteiger partial charge in [0.2, 0.25) is 5.91 Å². The summed E-state index contributed by atoms with van der Waals surface area (Å²) in [6, 6.07) is 17.2. The number of aromatic nitrogens is 3. The van der Waals surface area contributed by atoms with Crippen LogP contribution in [-0.2, 0) is 30.7 Å². The second-order valence-electron chi connectivity index (χ2n) is 13.7. The zero-order chi connectivity index (χ0) is 33.8. The van der Waals surface area contributed by atoms with Crippen molar-refractivity contribution in [1.29, 1.82) is 0 Å². The van der Waals surface area contributed by atoms with Crippen LogP contribution in [0.4, 0.5) is 4.79 Å². The van der Waals surface area contributed by atoms with Gasteiger partial charge in [-0.2, -0.15) is 0 Å². The third-order valence-corrected chi connectivity index (χ3v) is 9.70. The lowest BCUT2D eigenvalue weighted by Gasteiger charge is -2.45. The molecule has 2 aromatic heterocycles. The van der Waals surface area contributed by atoms with Gasteiger partial charge in [-0.1, -0.05) is 48.0 Å². The number of hydrogen-bond acceptors (Lipinski definition) is 5. The van der Waals surface area contributed by atoms with Gasteiger partial charge in [-0.25, -0.2) is 9.78 Å². The van der Waals surface area contributed by atoms with E-state index in [1.165, 1.54) is 11.1 Å². The third kappa shape index (κ3) is 8.10. The van der Waals surface area contributed by atoms with Crippen LogP contribution in [0.25, 0.3) is 0 Å². The number of carbonyl (C=O) groups is 2. The van der Waals surface area contributed by atoms with E-state index in [0.29, 0.717) is 37.7 Å². The number of fused-ring (bicyclic) bond motifs is 2. The van der Waals surface area contributed by atoms with Crippen molar-refractivity contribution in [1.82, 2.24) is 34.6 Å². The van der Waals surface area contributed by atoms with Crippen molar-refractivity contribution in [2.75, 3.05) is 26.2 Å². The van der Waals surface area contributed by atoms with E-state index in [-0.39, 0.29) is 18.0 Å². The molecule has 0 radical (unpaired) electrons. The lowest BCUT2D eigenvalue weighted by atomic mass is 9.95. The van der Waals surface area contributed by atoms with Crippen LogP contribution in [-0.4, -0.2) is 78.9 Å². The van der Waals surface area contributed by atoms with Crippen molar-refractivity contribution in [3.8, 4) is 0 Å². The summed E-state index contributed by atoms with van der Waals surface area (Å²) in [7, 11) is 0. The second-order valence-corrected chi connectivity index (χ2v) is 15.1. The quantitative estimate of drug-likeness (QED) is 0.224. The van der Waals surface area contributed by atoms with Crippen molar-refractivity contribution in [2.45, 2.75) is 70.7 Å². The maximum Gasteiger partial charge on any atom is 0.318 e. The van der Waals surface area contributed by atoms with Crippen LogP contribution in [0.3, 0.4) is 0 Å². The fourth-order valence-electron chi connectivity index (χ4n) is 6.81. The number of rotatable bonds is 8. The Hall–Kier alpha value is -3.73. The van der Waals surface area contributed by atoms with Gasteiger partial charge in [-0.05, 0) is 96.4 Å². The molecule has 0 bridgehead atoms. The molecule has 2 aromatic carbocycles. The van der Waals surface area contributed by atoms with Crippen LogP contribution in [0.5, 0.6) is 0 Å². The second kappa shape index (κ2) is 14.8. The maximum atomic E-state index is 14.9. The van der Waals surface area contributed by atoms with Crippen LogP contribution in [0.2, 0.25) is 5.02 Å². The Bertz CT molecular complexity index is 1670. The fraction of sp³-hybridized carbons (Fsp3) is 0.405. The average Bonchev–Trinajstić information content (AvgIpc) is 3.52. The average molecular weight is 733 g/mol. The van der Waals surface area contributed by atoms with E-state index in [4.69, 9.17) is 16.6 Å². The zero-order valence-electron chi connectivity index (χ0n) is 27.8. The number of piperazine rings is 1. The van der Waals surface area contributed by atoms with Gasteiger partial charge in [0.25, 0.3) is 0 Å². The molecule has 4 aromatic rings. The van der Waals surface area contributed by atoms with Gasteiger partial charge in [-0.3, -0.25) is 14.7 Å². The van der Waals surface area contributed by atoms with Gasteiger partial charge in [0.05, 0.1) is 18.1 Å². The van der Waals surface area contributed by atoms with Crippen LogP contribution in [0, 0.1) is 0 Å². The Morgan fingerprint density at radius 3 is 2.60 bits per heavy atom. The lowest BCUT2D eigenvalue weighted by Crippen LogP contribution is -2.64. The molecule has 11 heteroatoms. The lowest BCUT2D eigenvalue weighted by molar-refractivity contribution is -0.139. The Balaban J connectivity index is 1.36. The summed E-state index contributed by atoms with van der Waals surface area (Å²) in [6.07, 6.45) is 9.78. The Kier molecular flexibility index (Phi) is 10.5. The van der Waals surface area contributed by atoms with E-state index in [9.17, 15) is 9.59 Å². The molecule has 1 fully saturated rings. The normalized spacial score (nSPS) is 18.1. The minimum atomic E-state index is -0.698. The molecule has 48 heavy (non-hydrogen) atoms. The van der Waals surface area contributed by atoms with Gasteiger partial charge in [0.15, 0.2) is 0 Å². The van der Waals surface area contributed by atoms with Gasteiger partial charge < -0.3 is 19.7 Å². The number of halogens is 2. The first kappa shape index (κ1) is 34.1. The largest absolute Gasteiger partial charge is 0.337 e. The van der Waals surface area contributed by atoms with Gasteiger partial charge in [0.1, 0.15) is 6.04 Å². The van der Waals surface area contributed by atoms with E-state index >= 15 is 0 Å². The molecule has 9 nitrogen and oxygen atoms in total. The number of imidazole rings is 1. The summed E-state index contributed by atoms with van der Waals surface area (Å²) in [5.41, 5.74) is 5.08. The maximum absolute atomic E-state index is 14.9. The highest BCUT2D eigenvalue weighted by Crippen LogP contribution is 2.38. The summed E-state index contributed by atoms with van der Waals surface area (Å²) in [6.45, 7) is 8.98. The summed E-state index contributed by atoms with van der Waals surface area (Å²) in [5, 5.41) is 3.83. The number of carbonyl (C=O) groups excluding carboxylic acids is 2. The molecule has 3 amide bonds. The summed E-state index contributed by atoms with van der Waals surface area (Å²) in [4.78, 5) is 43.9. The van der Waals surface area contributed by atoms with Crippen molar-refractivity contribution in [3.05, 3.63) is 117 Å². The highest BCUT2D eigenvalue weighted by molar-refractivity contribution is 9.10.